The van der Waals surface area contributed by atoms with Crippen molar-refractivity contribution in [2.45, 2.75) is 24.7 Å². The van der Waals surface area contributed by atoms with Gasteiger partial charge in [0, 0.05) is 43.5 Å². The van der Waals surface area contributed by atoms with Gasteiger partial charge in [0.15, 0.2) is 0 Å². The molecule has 1 N–H and O–H groups in total. The standard InChI is InChI=1S/C21H22F2N2O2/c22-16-11-15(12-17(23)13-16)5-8-24-20(26)25-14-21(6-9-27-10-7-21)18-3-1-2-4-19(18)25/h1-4,11-13H,5-10,14H2,(H,24,26). The Kier molecular flexibility index (Phi) is 4.83. The highest BCUT2D eigenvalue weighted by Gasteiger charge is 2.45. The Bertz CT molecular complexity index is 830. The Labute approximate surface area is 157 Å². The van der Waals surface area contributed by atoms with Crippen molar-refractivity contribution in [1.29, 1.82) is 0 Å². The molecular formula is C21H22F2N2O2. The minimum Gasteiger partial charge on any atom is -0.381 e. The highest BCUT2D eigenvalue weighted by Crippen LogP contribution is 2.46. The summed E-state index contributed by atoms with van der Waals surface area (Å²) in [5, 5.41) is 2.89. The molecule has 1 fully saturated rings. The molecule has 0 aromatic heterocycles. The molecule has 0 unspecified atom stereocenters. The summed E-state index contributed by atoms with van der Waals surface area (Å²) in [6, 6.07) is 11.3. The Balaban J connectivity index is 1.44. The maximum Gasteiger partial charge on any atom is 0.321 e. The highest BCUT2D eigenvalue weighted by molar-refractivity contribution is 5.95. The van der Waals surface area contributed by atoms with Crippen molar-refractivity contribution in [2.75, 3.05) is 31.2 Å². The fourth-order valence-corrected chi connectivity index (χ4v) is 4.17. The first-order chi connectivity index (χ1) is 13.1. The quantitative estimate of drug-likeness (QED) is 0.891. The molecule has 27 heavy (non-hydrogen) atoms. The molecule has 2 aromatic carbocycles. The van der Waals surface area contributed by atoms with Crippen molar-refractivity contribution in [3.63, 3.8) is 0 Å². The Hall–Kier alpha value is -2.47. The van der Waals surface area contributed by atoms with Crippen molar-refractivity contribution in [2.24, 2.45) is 0 Å². The molecule has 0 saturated carbocycles. The van der Waals surface area contributed by atoms with Gasteiger partial charge in [0.2, 0.25) is 0 Å². The second kappa shape index (κ2) is 7.27. The van der Waals surface area contributed by atoms with Crippen LogP contribution in [0.4, 0.5) is 19.3 Å². The summed E-state index contributed by atoms with van der Waals surface area (Å²) in [6.07, 6.45) is 2.17. The fourth-order valence-electron chi connectivity index (χ4n) is 4.17. The predicted molar refractivity (Wildman–Crippen MR) is 99.0 cm³/mol. The third-order valence-corrected chi connectivity index (χ3v) is 5.53. The van der Waals surface area contributed by atoms with Crippen molar-refractivity contribution >= 4 is 11.7 Å². The van der Waals surface area contributed by atoms with Crippen LogP contribution in [-0.2, 0) is 16.6 Å². The van der Waals surface area contributed by atoms with E-state index in [0.717, 1.165) is 24.6 Å². The van der Waals surface area contributed by atoms with Gasteiger partial charge in [0.05, 0.1) is 0 Å². The van der Waals surface area contributed by atoms with E-state index in [-0.39, 0.29) is 11.4 Å². The number of nitrogens with one attached hydrogen (secondary N) is 1. The number of anilines is 1. The molecule has 142 valence electrons. The van der Waals surface area contributed by atoms with E-state index in [4.69, 9.17) is 4.74 Å². The molecule has 2 heterocycles. The van der Waals surface area contributed by atoms with Gasteiger partial charge in [0.25, 0.3) is 0 Å². The van der Waals surface area contributed by atoms with Crippen molar-refractivity contribution < 1.29 is 18.3 Å². The molecule has 4 nitrogen and oxygen atoms in total. The van der Waals surface area contributed by atoms with E-state index in [1.54, 1.807) is 4.90 Å². The van der Waals surface area contributed by atoms with Crippen LogP contribution in [0.3, 0.4) is 0 Å². The minimum atomic E-state index is -0.605. The third-order valence-electron chi connectivity index (χ3n) is 5.53. The van der Waals surface area contributed by atoms with Gasteiger partial charge in [-0.15, -0.1) is 0 Å². The topological polar surface area (TPSA) is 41.6 Å². The summed E-state index contributed by atoms with van der Waals surface area (Å²) in [5.74, 6) is -1.21. The van der Waals surface area contributed by atoms with Crippen LogP contribution in [-0.4, -0.2) is 32.3 Å². The SMILES string of the molecule is O=C(NCCc1cc(F)cc(F)c1)N1CC2(CCOCC2)c2ccccc21. The Morgan fingerprint density at radius 1 is 1.11 bits per heavy atom. The fraction of sp³-hybridized carbons (Fsp3) is 0.381. The number of carbonyl (C=O) groups excluding carboxylic acids is 1. The van der Waals surface area contributed by atoms with E-state index in [0.29, 0.717) is 38.3 Å². The first-order valence-electron chi connectivity index (χ1n) is 9.25. The number of nitrogens with zero attached hydrogens (tertiary/aromatic N) is 1. The van der Waals surface area contributed by atoms with E-state index < -0.39 is 11.6 Å². The van der Waals surface area contributed by atoms with Gasteiger partial charge in [-0.1, -0.05) is 18.2 Å². The number of fused-ring (bicyclic) bond motifs is 2. The number of rotatable bonds is 3. The molecule has 6 heteroatoms. The summed E-state index contributed by atoms with van der Waals surface area (Å²) >= 11 is 0. The van der Waals surface area contributed by atoms with Crippen LogP contribution in [0, 0.1) is 11.6 Å². The van der Waals surface area contributed by atoms with E-state index in [9.17, 15) is 13.6 Å². The van der Waals surface area contributed by atoms with Gasteiger partial charge in [-0.25, -0.2) is 13.6 Å². The molecule has 4 rings (SSSR count). The summed E-state index contributed by atoms with van der Waals surface area (Å²) in [4.78, 5) is 14.6. The monoisotopic (exact) mass is 372 g/mol. The molecule has 1 saturated heterocycles. The highest BCUT2D eigenvalue weighted by atomic mass is 19.1. The first kappa shape index (κ1) is 17.9. The number of hydrogen-bond acceptors (Lipinski definition) is 2. The van der Waals surface area contributed by atoms with Gasteiger partial charge in [-0.05, 0) is 48.6 Å². The third kappa shape index (κ3) is 3.54. The normalized spacial score (nSPS) is 17.8. The van der Waals surface area contributed by atoms with Gasteiger partial charge in [-0.2, -0.15) is 0 Å². The van der Waals surface area contributed by atoms with Crippen LogP contribution in [0.15, 0.2) is 42.5 Å². The number of ether oxygens (including phenoxy) is 1. The van der Waals surface area contributed by atoms with E-state index in [1.165, 1.54) is 17.7 Å². The number of carbonyl (C=O) groups is 1. The molecule has 0 aliphatic carbocycles. The van der Waals surface area contributed by atoms with Crippen LogP contribution < -0.4 is 10.2 Å². The molecule has 0 bridgehead atoms. The van der Waals surface area contributed by atoms with E-state index in [1.807, 2.05) is 18.2 Å². The number of amides is 2. The van der Waals surface area contributed by atoms with Crippen LogP contribution in [0.5, 0.6) is 0 Å². The molecule has 1 spiro atoms. The summed E-state index contributed by atoms with van der Waals surface area (Å²) < 4.78 is 32.1. The second-order valence-corrected chi connectivity index (χ2v) is 7.26. The average molecular weight is 372 g/mol. The zero-order chi connectivity index (χ0) is 18.9. The molecule has 0 radical (unpaired) electrons. The van der Waals surface area contributed by atoms with E-state index in [2.05, 4.69) is 11.4 Å². The molecule has 2 aliphatic heterocycles. The van der Waals surface area contributed by atoms with Gasteiger partial charge < -0.3 is 10.1 Å². The number of urea groups is 1. The van der Waals surface area contributed by atoms with Crippen LogP contribution in [0.1, 0.15) is 24.0 Å². The zero-order valence-electron chi connectivity index (χ0n) is 15.0. The minimum absolute atomic E-state index is 0.0438. The van der Waals surface area contributed by atoms with Crippen molar-refractivity contribution in [3.05, 3.63) is 65.2 Å². The molecular weight excluding hydrogens is 350 g/mol. The number of para-hydroxylation sites is 1. The lowest BCUT2D eigenvalue weighted by molar-refractivity contribution is 0.0556. The zero-order valence-corrected chi connectivity index (χ0v) is 15.0. The maximum atomic E-state index is 13.3. The lowest BCUT2D eigenvalue weighted by Gasteiger charge is -2.34. The number of halogens is 2. The van der Waals surface area contributed by atoms with Crippen LogP contribution >= 0.6 is 0 Å². The van der Waals surface area contributed by atoms with Crippen molar-refractivity contribution in [1.82, 2.24) is 5.32 Å². The lowest BCUT2D eigenvalue weighted by atomic mass is 9.76. The predicted octanol–water partition coefficient (Wildman–Crippen LogP) is 3.79. The van der Waals surface area contributed by atoms with Gasteiger partial charge in [0.1, 0.15) is 11.6 Å². The van der Waals surface area contributed by atoms with Crippen molar-refractivity contribution in [3.8, 4) is 0 Å². The number of benzene rings is 2. The first-order valence-corrected chi connectivity index (χ1v) is 9.25. The summed E-state index contributed by atoms with van der Waals surface area (Å²) in [6.45, 7) is 2.36. The lowest BCUT2D eigenvalue weighted by Crippen LogP contribution is -2.45. The second-order valence-electron chi connectivity index (χ2n) is 7.26. The smallest absolute Gasteiger partial charge is 0.321 e. The number of hydrogen-bond donors (Lipinski definition) is 1. The largest absolute Gasteiger partial charge is 0.381 e. The molecule has 0 atom stereocenters. The summed E-state index contributed by atoms with van der Waals surface area (Å²) in [7, 11) is 0. The van der Waals surface area contributed by atoms with E-state index >= 15 is 0 Å². The van der Waals surface area contributed by atoms with Crippen LogP contribution in [0.2, 0.25) is 0 Å². The van der Waals surface area contributed by atoms with Gasteiger partial charge >= 0.3 is 6.03 Å². The maximum absolute atomic E-state index is 13.3. The summed E-state index contributed by atoms with van der Waals surface area (Å²) in [5.41, 5.74) is 2.62. The average Bonchev–Trinajstić information content (AvgIpc) is 2.96. The molecule has 2 aromatic rings. The molecule has 2 aliphatic rings. The Morgan fingerprint density at radius 3 is 2.56 bits per heavy atom. The Morgan fingerprint density at radius 2 is 1.81 bits per heavy atom. The molecule has 2 amide bonds. The van der Waals surface area contributed by atoms with Gasteiger partial charge in [-0.3, -0.25) is 4.90 Å². The van der Waals surface area contributed by atoms with Crippen LogP contribution in [0.25, 0.3) is 0 Å².